The van der Waals surface area contributed by atoms with Gasteiger partial charge in [-0.1, -0.05) is 60.7 Å². The summed E-state index contributed by atoms with van der Waals surface area (Å²) < 4.78 is 9.34. The van der Waals surface area contributed by atoms with Gasteiger partial charge in [0.2, 0.25) is 0 Å². The van der Waals surface area contributed by atoms with Crippen LogP contribution in [0.2, 0.25) is 0 Å². The lowest BCUT2D eigenvalue weighted by Gasteiger charge is -2.12. The highest BCUT2D eigenvalue weighted by Gasteiger charge is 2.27. The lowest BCUT2D eigenvalue weighted by molar-refractivity contribution is 0.0598. The smallest absolute Gasteiger partial charge is 0.339 e. The van der Waals surface area contributed by atoms with Crippen molar-refractivity contribution in [3.63, 3.8) is 0 Å². The molecule has 59 heavy (non-hydrogen) atoms. The molecule has 2 saturated carbocycles. The third-order valence-corrected chi connectivity index (χ3v) is 11.7. The number of methoxy groups -OCH3 is 1. The van der Waals surface area contributed by atoms with Crippen LogP contribution in [0.1, 0.15) is 91.9 Å². The van der Waals surface area contributed by atoms with Crippen LogP contribution in [0.4, 0.5) is 0 Å². The zero-order valence-corrected chi connectivity index (χ0v) is 33.6. The molecule has 2 aliphatic rings. The summed E-state index contributed by atoms with van der Waals surface area (Å²) in [4.78, 5) is 33.6. The molecule has 10 rings (SSSR count). The van der Waals surface area contributed by atoms with Crippen molar-refractivity contribution in [2.45, 2.75) is 50.4 Å². The van der Waals surface area contributed by atoms with E-state index in [1.165, 1.54) is 47.5 Å². The number of hydrogen-bond donors (Lipinski definition) is 1. The first-order chi connectivity index (χ1) is 28.7. The van der Waals surface area contributed by atoms with Crippen molar-refractivity contribution in [3.05, 3.63) is 179 Å². The van der Waals surface area contributed by atoms with Crippen LogP contribution in [0.15, 0.2) is 134 Å². The molecule has 8 nitrogen and oxygen atoms in total. The monoisotopic (exact) mass is 778 g/mol. The van der Waals surface area contributed by atoms with Crippen LogP contribution in [0.25, 0.3) is 44.1 Å². The molecule has 0 radical (unpaired) electrons. The molecule has 4 aromatic carbocycles. The highest BCUT2D eigenvalue weighted by Crippen LogP contribution is 2.41. The minimum absolute atomic E-state index is 0.316. The normalized spacial score (nSPS) is 13.6. The summed E-state index contributed by atoms with van der Waals surface area (Å²) in [6.07, 6.45) is 13.6. The van der Waals surface area contributed by atoms with Crippen molar-refractivity contribution in [2.75, 3.05) is 7.11 Å². The molecule has 8 heteroatoms. The van der Waals surface area contributed by atoms with E-state index in [-0.39, 0.29) is 5.97 Å². The predicted molar refractivity (Wildman–Crippen MR) is 233 cm³/mol. The fourth-order valence-corrected chi connectivity index (χ4v) is 8.33. The number of aryl methyl sites for hydroxylation is 2. The molecular weight excluding hydrogens is 733 g/mol. The van der Waals surface area contributed by atoms with E-state index in [4.69, 9.17) is 4.74 Å². The van der Waals surface area contributed by atoms with Crippen molar-refractivity contribution >= 4 is 33.7 Å². The standard InChI is InChI=1S/C26H24N2O2.C25H22N2O2/c1-28-11-10-20-12-17(13-22(25(20)28)19-6-4-3-5-7-19)14-24-23(26(29)30-2)15-21(16-27-24)18-8-9-18;1-27-10-9-19-11-16(12-21(24(19)27)18-5-3-2-4-6-18)13-23-22(25(28)29)14-20(15-26-23)17-7-8-17/h3-7,10-13,15-16,18H,8-9,14H2,1-2H3;2-6,9-12,14-15,17H,7-8,13H2,1H3,(H,28,29). The molecule has 0 amide bonds. The first kappa shape index (κ1) is 37.8. The van der Waals surface area contributed by atoms with Crippen molar-refractivity contribution in [2.24, 2.45) is 14.1 Å². The molecule has 2 fully saturated rings. The number of nitrogens with zero attached hydrogens (tertiary/aromatic N) is 4. The molecule has 294 valence electrons. The SMILES string of the molecule is COC(=O)c1cc(C2CC2)cnc1Cc1cc(-c2ccccc2)c2c(ccn2C)c1.Cn1ccc2cc(Cc3ncc(C4CC4)cc3C(=O)O)cc(-c3ccccc3)c21. The lowest BCUT2D eigenvalue weighted by atomic mass is 9.96. The summed E-state index contributed by atoms with van der Waals surface area (Å²) in [6.45, 7) is 0. The van der Waals surface area contributed by atoms with Gasteiger partial charge < -0.3 is 19.0 Å². The Balaban J connectivity index is 0.000000152. The maximum absolute atomic E-state index is 12.5. The number of hydrogen-bond acceptors (Lipinski definition) is 5. The van der Waals surface area contributed by atoms with Crippen LogP contribution < -0.4 is 0 Å². The first-order valence-corrected chi connectivity index (χ1v) is 20.3. The number of esters is 1. The Bertz CT molecular complexity index is 2850. The van der Waals surface area contributed by atoms with Gasteiger partial charge in [-0.2, -0.15) is 0 Å². The maximum atomic E-state index is 12.5. The molecular formula is C51H46N4O4. The number of carboxylic acid groups (broad SMARTS) is 1. The van der Waals surface area contributed by atoms with Crippen LogP contribution in [-0.2, 0) is 31.7 Å². The molecule has 0 unspecified atom stereocenters. The fraction of sp³-hybridized carbons (Fsp3) is 0.216. The fourth-order valence-electron chi connectivity index (χ4n) is 8.33. The number of pyridine rings is 2. The number of benzene rings is 4. The zero-order chi connectivity index (χ0) is 40.6. The molecule has 1 N–H and O–H groups in total. The van der Waals surface area contributed by atoms with Crippen molar-refractivity contribution < 1.29 is 19.4 Å². The van der Waals surface area contributed by atoms with Gasteiger partial charge in [-0.15, -0.1) is 0 Å². The summed E-state index contributed by atoms with van der Waals surface area (Å²) in [6, 6.07) is 37.5. The Morgan fingerprint density at radius 1 is 0.627 bits per heavy atom. The Morgan fingerprint density at radius 2 is 1.07 bits per heavy atom. The number of carbonyl (C=O) groups excluding carboxylic acids is 1. The van der Waals surface area contributed by atoms with E-state index in [9.17, 15) is 14.7 Å². The van der Waals surface area contributed by atoms with Gasteiger partial charge in [0.25, 0.3) is 0 Å². The zero-order valence-electron chi connectivity index (χ0n) is 33.6. The highest BCUT2D eigenvalue weighted by atomic mass is 16.5. The second-order valence-electron chi connectivity index (χ2n) is 16.0. The molecule has 0 saturated heterocycles. The van der Waals surface area contributed by atoms with Gasteiger partial charge in [-0.3, -0.25) is 9.97 Å². The number of aromatic carboxylic acids is 1. The average Bonchev–Trinajstić information content (AvgIpc) is 4.21. The van der Waals surface area contributed by atoms with Crippen LogP contribution in [0.3, 0.4) is 0 Å². The Hall–Kier alpha value is -6.80. The molecule has 8 aromatic rings. The van der Waals surface area contributed by atoms with Gasteiger partial charge in [0.05, 0.1) is 40.7 Å². The first-order valence-electron chi connectivity index (χ1n) is 20.3. The van der Waals surface area contributed by atoms with E-state index in [0.29, 0.717) is 41.5 Å². The Kier molecular flexibility index (Phi) is 10.1. The largest absolute Gasteiger partial charge is 0.478 e. The molecule has 2 aliphatic carbocycles. The van der Waals surface area contributed by atoms with Crippen LogP contribution in [0.5, 0.6) is 0 Å². The quantitative estimate of drug-likeness (QED) is 0.139. The number of carboxylic acids is 1. The summed E-state index contributed by atoms with van der Waals surface area (Å²) in [7, 11) is 5.55. The third-order valence-electron chi connectivity index (χ3n) is 11.7. The van der Waals surface area contributed by atoms with Crippen LogP contribution in [-0.4, -0.2) is 43.3 Å². The van der Waals surface area contributed by atoms with Gasteiger partial charge in [0.1, 0.15) is 0 Å². The number of aromatic nitrogens is 4. The summed E-state index contributed by atoms with van der Waals surface area (Å²) in [5.74, 6) is -0.191. The molecule has 4 aromatic heterocycles. The van der Waals surface area contributed by atoms with Gasteiger partial charge in [0.15, 0.2) is 0 Å². The van der Waals surface area contributed by atoms with Gasteiger partial charge in [-0.05, 0) is 119 Å². The molecule has 0 bridgehead atoms. The molecule has 0 atom stereocenters. The van der Waals surface area contributed by atoms with E-state index < -0.39 is 5.97 Å². The minimum atomic E-state index is -0.904. The predicted octanol–water partition coefficient (Wildman–Crippen LogP) is 10.9. The number of rotatable bonds is 10. The second kappa shape index (κ2) is 15.9. The van der Waals surface area contributed by atoms with Gasteiger partial charge in [-0.25, -0.2) is 9.59 Å². The molecule has 0 spiro atoms. The average molecular weight is 779 g/mol. The van der Waals surface area contributed by atoms with Crippen molar-refractivity contribution in [3.8, 4) is 22.3 Å². The van der Waals surface area contributed by atoms with E-state index in [1.807, 2.05) is 48.8 Å². The Labute approximate surface area is 343 Å². The van der Waals surface area contributed by atoms with E-state index in [2.05, 4.69) is 118 Å². The van der Waals surface area contributed by atoms with Crippen LogP contribution >= 0.6 is 0 Å². The topological polar surface area (TPSA) is 99.2 Å². The van der Waals surface area contributed by atoms with Crippen molar-refractivity contribution in [1.29, 1.82) is 0 Å². The highest BCUT2D eigenvalue weighted by molar-refractivity contribution is 5.97. The van der Waals surface area contributed by atoms with Crippen LogP contribution in [0, 0.1) is 0 Å². The summed E-state index contributed by atoms with van der Waals surface area (Å²) in [5.41, 5.74) is 13.7. The maximum Gasteiger partial charge on any atom is 0.339 e. The lowest BCUT2D eigenvalue weighted by Crippen LogP contribution is -2.09. The van der Waals surface area contributed by atoms with Gasteiger partial charge in [0, 0.05) is 73.6 Å². The second-order valence-corrected chi connectivity index (χ2v) is 16.0. The molecule has 0 aliphatic heterocycles. The van der Waals surface area contributed by atoms with E-state index >= 15 is 0 Å². The number of carbonyl (C=O) groups is 2. The number of ether oxygens (including phenoxy) is 1. The van der Waals surface area contributed by atoms with Gasteiger partial charge >= 0.3 is 11.9 Å². The summed E-state index contributed by atoms with van der Waals surface area (Å²) >= 11 is 0. The van der Waals surface area contributed by atoms with E-state index in [0.717, 1.165) is 57.3 Å². The minimum Gasteiger partial charge on any atom is -0.478 e. The Morgan fingerprint density at radius 3 is 1.49 bits per heavy atom. The van der Waals surface area contributed by atoms with Crippen molar-refractivity contribution in [1.82, 2.24) is 19.1 Å². The van der Waals surface area contributed by atoms with E-state index in [1.54, 1.807) is 0 Å². The molecule has 4 heterocycles. The third kappa shape index (κ3) is 7.91. The number of fused-ring (bicyclic) bond motifs is 2. The summed E-state index contributed by atoms with van der Waals surface area (Å²) in [5, 5.41) is 12.1.